The third-order valence-corrected chi connectivity index (χ3v) is 2.82. The second-order valence-corrected chi connectivity index (χ2v) is 4.50. The Morgan fingerprint density at radius 1 is 0.800 bits per heavy atom. The summed E-state index contributed by atoms with van der Waals surface area (Å²) in [6.45, 7) is 5.37. The van der Waals surface area contributed by atoms with Gasteiger partial charge in [-0.25, -0.2) is 0 Å². The molecule has 0 saturated carbocycles. The highest BCUT2D eigenvalue weighted by atomic mass is 32.2. The lowest BCUT2D eigenvalue weighted by atomic mass is 10.2. The molecule has 4 heteroatoms. The van der Waals surface area contributed by atoms with Crippen LogP contribution in [-0.4, -0.2) is 17.4 Å². The van der Waals surface area contributed by atoms with Crippen LogP contribution in [0.25, 0.3) is 0 Å². The average molecular weight is 236 g/mol. The molecule has 0 aliphatic rings. The zero-order valence-corrected chi connectivity index (χ0v) is 10.8. The van der Waals surface area contributed by atoms with E-state index >= 15 is 0 Å². The zero-order valence-electron chi connectivity index (χ0n) is 10.00. The first kappa shape index (κ1) is 15.1. The molecule has 0 aromatic heterocycles. The van der Waals surface area contributed by atoms with Crippen LogP contribution >= 0.6 is 0 Å². The van der Waals surface area contributed by atoms with Crippen molar-refractivity contribution in [2.75, 3.05) is 13.2 Å². The molecule has 0 aromatic rings. The molecular weight excluding hydrogens is 212 g/mol. The molecule has 0 N–H and O–H groups in total. The minimum atomic E-state index is -1.53. The fourth-order valence-electron chi connectivity index (χ4n) is 1.17. The molecule has 0 radical (unpaired) electrons. The maximum absolute atomic E-state index is 11.1. The smallest absolute Gasteiger partial charge is 0.268 e. The summed E-state index contributed by atoms with van der Waals surface area (Å²) in [6, 6.07) is 0. The molecule has 0 amide bonds. The molecule has 0 saturated heterocycles. The lowest BCUT2D eigenvalue weighted by molar-refractivity contribution is 0.241. The maximum Gasteiger partial charge on any atom is 0.304 e. The minimum absolute atomic E-state index is 0.537. The van der Waals surface area contributed by atoms with E-state index in [2.05, 4.69) is 13.8 Å². The molecule has 0 aliphatic heterocycles. The van der Waals surface area contributed by atoms with Gasteiger partial charge in [0, 0.05) is 0 Å². The summed E-state index contributed by atoms with van der Waals surface area (Å²) in [4.78, 5) is 0. The molecule has 0 aromatic carbocycles. The average Bonchev–Trinajstić information content (AvgIpc) is 2.24. The van der Waals surface area contributed by atoms with Gasteiger partial charge in [-0.1, -0.05) is 46.0 Å². The van der Waals surface area contributed by atoms with Gasteiger partial charge in [0.1, 0.15) is 0 Å². The summed E-state index contributed by atoms with van der Waals surface area (Å²) in [5, 5.41) is 0. The van der Waals surface area contributed by atoms with E-state index in [1.54, 1.807) is 0 Å². The van der Waals surface area contributed by atoms with Gasteiger partial charge in [0.15, 0.2) is 0 Å². The van der Waals surface area contributed by atoms with Gasteiger partial charge in [-0.05, 0) is 12.8 Å². The van der Waals surface area contributed by atoms with Crippen LogP contribution in [0.2, 0.25) is 0 Å². The molecule has 1 unspecified atom stereocenters. The van der Waals surface area contributed by atoms with E-state index in [1.807, 2.05) is 0 Å². The van der Waals surface area contributed by atoms with Gasteiger partial charge < -0.3 is 0 Å². The molecule has 0 rings (SSSR count). The van der Waals surface area contributed by atoms with Crippen molar-refractivity contribution < 1.29 is 12.6 Å². The predicted octanol–water partition coefficient (Wildman–Crippen LogP) is 3.37. The SMILES string of the molecule is CCCCCCOS(=O)OCCCCC. The molecule has 0 aliphatic carbocycles. The highest BCUT2D eigenvalue weighted by molar-refractivity contribution is 7.75. The summed E-state index contributed by atoms with van der Waals surface area (Å²) in [5.41, 5.74) is 0. The van der Waals surface area contributed by atoms with Crippen LogP contribution in [0.1, 0.15) is 58.8 Å². The molecule has 0 fully saturated rings. The summed E-state index contributed by atoms with van der Waals surface area (Å²) in [6.07, 6.45) is 7.76. The van der Waals surface area contributed by atoms with Crippen molar-refractivity contribution in [1.29, 1.82) is 0 Å². The lowest BCUT2D eigenvalue weighted by Crippen LogP contribution is -2.04. The molecule has 0 spiro atoms. The minimum Gasteiger partial charge on any atom is -0.268 e. The Hall–Kier alpha value is 0.0700. The summed E-state index contributed by atoms with van der Waals surface area (Å²) in [7, 11) is 0. The first-order valence-corrected chi connectivity index (χ1v) is 6.99. The maximum atomic E-state index is 11.1. The number of rotatable bonds is 11. The lowest BCUT2D eigenvalue weighted by Gasteiger charge is -2.03. The Kier molecular flexibility index (Phi) is 12.2. The van der Waals surface area contributed by atoms with Crippen LogP contribution in [-0.2, 0) is 19.7 Å². The van der Waals surface area contributed by atoms with E-state index in [1.165, 1.54) is 12.8 Å². The molecule has 92 valence electrons. The van der Waals surface area contributed by atoms with Crippen LogP contribution in [0.4, 0.5) is 0 Å². The highest BCUT2D eigenvalue weighted by Crippen LogP contribution is 2.01. The summed E-state index contributed by atoms with van der Waals surface area (Å²) < 4.78 is 21.1. The third kappa shape index (κ3) is 12.0. The van der Waals surface area contributed by atoms with Crippen molar-refractivity contribution in [2.24, 2.45) is 0 Å². The first-order chi connectivity index (χ1) is 7.31. The van der Waals surface area contributed by atoms with Crippen LogP contribution in [0, 0.1) is 0 Å². The topological polar surface area (TPSA) is 35.5 Å². The first-order valence-electron chi connectivity index (χ1n) is 5.99. The Balaban J connectivity index is 3.11. The van der Waals surface area contributed by atoms with Gasteiger partial charge in [-0.2, -0.15) is 4.21 Å². The zero-order chi connectivity index (χ0) is 11.4. The Morgan fingerprint density at radius 2 is 1.27 bits per heavy atom. The second-order valence-electron chi connectivity index (χ2n) is 3.62. The second kappa shape index (κ2) is 12.1. The van der Waals surface area contributed by atoms with Crippen molar-refractivity contribution in [1.82, 2.24) is 0 Å². The standard InChI is InChI=1S/C11H24O3S/c1-3-5-7-9-11-14-15(12)13-10-8-6-4-2/h3-11H2,1-2H3. The van der Waals surface area contributed by atoms with Gasteiger partial charge in [0.25, 0.3) is 0 Å². The summed E-state index contributed by atoms with van der Waals surface area (Å²) >= 11 is -1.53. The van der Waals surface area contributed by atoms with Gasteiger partial charge in [-0.15, -0.1) is 0 Å². The van der Waals surface area contributed by atoms with Crippen molar-refractivity contribution in [2.45, 2.75) is 58.8 Å². The molecular formula is C11H24O3S. The van der Waals surface area contributed by atoms with Crippen LogP contribution in [0.15, 0.2) is 0 Å². The molecule has 0 bridgehead atoms. The third-order valence-electron chi connectivity index (χ3n) is 2.10. The number of hydrogen-bond donors (Lipinski definition) is 0. The van der Waals surface area contributed by atoms with Gasteiger partial charge >= 0.3 is 11.4 Å². The van der Waals surface area contributed by atoms with Crippen molar-refractivity contribution in [3.05, 3.63) is 0 Å². The normalized spacial score (nSPS) is 12.9. The van der Waals surface area contributed by atoms with E-state index in [0.717, 1.165) is 32.1 Å². The van der Waals surface area contributed by atoms with Gasteiger partial charge in [-0.3, -0.25) is 8.37 Å². The van der Waals surface area contributed by atoms with Crippen molar-refractivity contribution in [3.8, 4) is 0 Å². The van der Waals surface area contributed by atoms with Crippen LogP contribution < -0.4 is 0 Å². The summed E-state index contributed by atoms with van der Waals surface area (Å²) in [5.74, 6) is 0. The molecule has 0 heterocycles. The molecule has 1 atom stereocenters. The Morgan fingerprint density at radius 3 is 1.80 bits per heavy atom. The fraction of sp³-hybridized carbons (Fsp3) is 1.00. The monoisotopic (exact) mass is 236 g/mol. The van der Waals surface area contributed by atoms with E-state index in [0.29, 0.717) is 13.2 Å². The Labute approximate surface area is 96.4 Å². The van der Waals surface area contributed by atoms with E-state index in [4.69, 9.17) is 8.37 Å². The van der Waals surface area contributed by atoms with Gasteiger partial charge in [0.05, 0.1) is 13.2 Å². The number of unbranched alkanes of at least 4 members (excludes halogenated alkanes) is 5. The number of hydrogen-bond acceptors (Lipinski definition) is 3. The van der Waals surface area contributed by atoms with Crippen LogP contribution in [0.3, 0.4) is 0 Å². The quantitative estimate of drug-likeness (QED) is 0.516. The Bertz CT molecular complexity index is 151. The highest BCUT2D eigenvalue weighted by Gasteiger charge is 1.99. The molecule has 3 nitrogen and oxygen atoms in total. The van der Waals surface area contributed by atoms with Crippen molar-refractivity contribution in [3.63, 3.8) is 0 Å². The molecule has 15 heavy (non-hydrogen) atoms. The van der Waals surface area contributed by atoms with E-state index in [9.17, 15) is 4.21 Å². The largest absolute Gasteiger partial charge is 0.304 e. The fourth-order valence-corrected chi connectivity index (χ4v) is 1.74. The van der Waals surface area contributed by atoms with E-state index < -0.39 is 11.4 Å². The van der Waals surface area contributed by atoms with E-state index in [-0.39, 0.29) is 0 Å². The van der Waals surface area contributed by atoms with Gasteiger partial charge in [0.2, 0.25) is 0 Å². The van der Waals surface area contributed by atoms with Crippen molar-refractivity contribution >= 4 is 11.4 Å². The predicted molar refractivity (Wildman–Crippen MR) is 63.7 cm³/mol. The van der Waals surface area contributed by atoms with Crippen LogP contribution in [0.5, 0.6) is 0 Å².